The Balaban J connectivity index is 0.000000182. The van der Waals surface area contributed by atoms with Crippen molar-refractivity contribution in [2.45, 2.75) is 4.90 Å². The van der Waals surface area contributed by atoms with E-state index in [1.165, 1.54) is 11.8 Å². The first kappa shape index (κ1) is 32.0. The maximum atomic E-state index is 12.1. The number of nitrogen functional groups attached to an aromatic ring is 2. The molecule has 6 aromatic rings. The number of hydrogen-bond donors (Lipinski definition) is 4. The number of nitrogens with two attached hydrogens (primary N) is 2. The van der Waals surface area contributed by atoms with Crippen molar-refractivity contribution in [1.82, 2.24) is 0 Å². The Morgan fingerprint density at radius 1 is 0.543 bits per heavy atom. The highest BCUT2D eigenvalue weighted by Gasteiger charge is 2.09. The molecule has 0 aliphatic carbocycles. The van der Waals surface area contributed by atoms with Gasteiger partial charge in [0.1, 0.15) is 4.99 Å². The summed E-state index contributed by atoms with van der Waals surface area (Å²) in [7, 11) is 0. The summed E-state index contributed by atoms with van der Waals surface area (Å²) in [5.41, 5.74) is 20.6. The Morgan fingerprint density at radius 2 is 1.00 bits per heavy atom. The third-order valence-electron chi connectivity index (χ3n) is 6.97. The van der Waals surface area contributed by atoms with Crippen LogP contribution in [-0.4, -0.2) is 16.6 Å². The minimum atomic E-state index is -0.0456. The van der Waals surface area contributed by atoms with Crippen LogP contribution in [0.5, 0.6) is 0 Å². The van der Waals surface area contributed by atoms with Crippen LogP contribution in [0.3, 0.4) is 0 Å². The SMILES string of the molecule is Nc1ccc(-c2ccccc2)cc1C(=S)Nc1ccccc1.Nc1ccc(-c2ccccc2)cc1SCC(=O)Nc1ccccc1. The first-order valence-corrected chi connectivity index (χ1v) is 16.1. The van der Waals surface area contributed by atoms with Gasteiger partial charge in [0.25, 0.3) is 0 Å². The van der Waals surface area contributed by atoms with Crippen molar-refractivity contribution in [2.75, 3.05) is 27.9 Å². The number of thioether (sulfide) groups is 1. The first-order valence-electron chi connectivity index (χ1n) is 14.7. The maximum Gasteiger partial charge on any atom is 0.234 e. The number of hydrogen-bond acceptors (Lipinski definition) is 5. The fourth-order valence-electron chi connectivity index (χ4n) is 4.61. The molecule has 6 aromatic carbocycles. The van der Waals surface area contributed by atoms with E-state index in [0.717, 1.165) is 44.1 Å². The van der Waals surface area contributed by atoms with Crippen molar-refractivity contribution in [1.29, 1.82) is 0 Å². The molecule has 5 nitrogen and oxygen atoms in total. The van der Waals surface area contributed by atoms with Crippen molar-refractivity contribution in [3.63, 3.8) is 0 Å². The molecule has 0 aromatic heterocycles. The lowest BCUT2D eigenvalue weighted by Crippen LogP contribution is -2.13. The van der Waals surface area contributed by atoms with Crippen molar-refractivity contribution in [3.8, 4) is 22.3 Å². The largest absolute Gasteiger partial charge is 0.398 e. The van der Waals surface area contributed by atoms with Crippen molar-refractivity contribution >= 4 is 57.6 Å². The molecule has 6 N–H and O–H groups in total. The van der Waals surface area contributed by atoms with Crippen LogP contribution in [0.4, 0.5) is 22.7 Å². The Bertz CT molecular complexity index is 1880. The molecule has 7 heteroatoms. The normalized spacial score (nSPS) is 10.3. The summed E-state index contributed by atoms with van der Waals surface area (Å²) in [5, 5.41) is 6.11. The third-order valence-corrected chi connectivity index (χ3v) is 8.37. The van der Waals surface area contributed by atoms with E-state index in [9.17, 15) is 4.79 Å². The van der Waals surface area contributed by atoms with E-state index in [0.29, 0.717) is 22.1 Å². The van der Waals surface area contributed by atoms with Gasteiger partial charge in [-0.15, -0.1) is 11.8 Å². The van der Waals surface area contributed by atoms with Crippen LogP contribution in [0.15, 0.2) is 163 Å². The van der Waals surface area contributed by atoms with Crippen molar-refractivity contribution in [3.05, 3.63) is 163 Å². The fourth-order valence-corrected chi connectivity index (χ4v) is 5.71. The monoisotopic (exact) mass is 638 g/mol. The zero-order valence-electron chi connectivity index (χ0n) is 25.1. The van der Waals surface area contributed by atoms with Gasteiger partial charge in [-0.25, -0.2) is 0 Å². The molecule has 0 bridgehead atoms. The molecule has 46 heavy (non-hydrogen) atoms. The summed E-state index contributed by atoms with van der Waals surface area (Å²) in [5.74, 6) is 0.271. The molecular formula is C39H34N4OS2. The summed E-state index contributed by atoms with van der Waals surface area (Å²) >= 11 is 6.95. The summed E-state index contributed by atoms with van der Waals surface area (Å²) < 4.78 is 0. The van der Waals surface area contributed by atoms with E-state index in [4.69, 9.17) is 23.7 Å². The molecule has 0 spiro atoms. The number of carbonyl (C=O) groups excluding carboxylic acids is 1. The van der Waals surface area contributed by atoms with Crippen LogP contribution in [0.2, 0.25) is 0 Å². The van der Waals surface area contributed by atoms with E-state index < -0.39 is 0 Å². The molecule has 0 unspecified atom stereocenters. The number of carbonyl (C=O) groups is 1. The van der Waals surface area contributed by atoms with Gasteiger partial charge in [-0.1, -0.05) is 121 Å². The topological polar surface area (TPSA) is 93.2 Å². The quantitative estimate of drug-likeness (QED) is 0.0754. The average molecular weight is 639 g/mol. The van der Waals surface area contributed by atoms with E-state index in [2.05, 4.69) is 34.9 Å². The van der Waals surface area contributed by atoms with Gasteiger partial charge in [0.15, 0.2) is 0 Å². The minimum Gasteiger partial charge on any atom is -0.398 e. The molecule has 0 aliphatic rings. The smallest absolute Gasteiger partial charge is 0.234 e. The zero-order chi connectivity index (χ0) is 32.1. The molecule has 0 aliphatic heterocycles. The number of nitrogens with one attached hydrogen (secondary N) is 2. The van der Waals surface area contributed by atoms with Gasteiger partial charge in [-0.2, -0.15) is 0 Å². The number of thiocarbonyl (C=S) groups is 1. The van der Waals surface area contributed by atoms with E-state index in [1.807, 2.05) is 133 Å². The summed E-state index contributed by atoms with van der Waals surface area (Å²) in [6.07, 6.45) is 0. The van der Waals surface area contributed by atoms with Crippen LogP contribution in [0.1, 0.15) is 5.56 Å². The number of amides is 1. The predicted octanol–water partition coefficient (Wildman–Crippen LogP) is 9.39. The Labute approximate surface area is 279 Å². The maximum absolute atomic E-state index is 12.1. The molecule has 0 fully saturated rings. The Morgan fingerprint density at radius 3 is 1.54 bits per heavy atom. The average Bonchev–Trinajstić information content (AvgIpc) is 3.10. The highest BCUT2D eigenvalue weighted by atomic mass is 32.2. The van der Waals surface area contributed by atoms with Gasteiger partial charge in [-0.05, 0) is 70.8 Å². The first-order chi connectivity index (χ1) is 22.5. The standard InChI is InChI=1S/C20H18N2OS.C19H16N2S/c21-18-12-11-16(15-7-3-1-4-8-15)13-19(18)24-14-20(23)22-17-9-5-2-6-10-17;20-18-12-11-15(14-7-3-1-4-8-14)13-17(18)19(22)21-16-9-5-2-6-10-16/h1-13H,14,21H2,(H,22,23);1-13H,20H2,(H,21,22). The second-order valence-electron chi connectivity index (χ2n) is 10.3. The van der Waals surface area contributed by atoms with Crippen molar-refractivity contribution < 1.29 is 4.79 Å². The Kier molecular flexibility index (Phi) is 11.2. The third kappa shape index (κ3) is 9.08. The van der Waals surface area contributed by atoms with E-state index in [-0.39, 0.29) is 5.91 Å². The number of anilines is 4. The molecule has 0 heterocycles. The molecule has 0 saturated heterocycles. The number of rotatable bonds is 8. The lowest BCUT2D eigenvalue weighted by Gasteiger charge is -2.12. The lowest BCUT2D eigenvalue weighted by atomic mass is 10.0. The highest BCUT2D eigenvalue weighted by molar-refractivity contribution is 8.00. The second kappa shape index (κ2) is 16.1. The minimum absolute atomic E-state index is 0.0456. The van der Waals surface area contributed by atoms with Gasteiger partial charge in [0.05, 0.1) is 5.75 Å². The van der Waals surface area contributed by atoms with Crippen LogP contribution in [0.25, 0.3) is 22.3 Å². The number of benzene rings is 6. The molecule has 0 radical (unpaired) electrons. The Hall–Kier alpha value is -5.37. The fraction of sp³-hybridized carbons (Fsp3) is 0.0256. The van der Waals surface area contributed by atoms with E-state index in [1.54, 1.807) is 0 Å². The molecule has 6 rings (SSSR count). The molecule has 228 valence electrons. The van der Waals surface area contributed by atoms with Gasteiger partial charge in [0, 0.05) is 33.2 Å². The molecule has 0 saturated carbocycles. The zero-order valence-corrected chi connectivity index (χ0v) is 26.7. The molecule has 0 atom stereocenters. The summed E-state index contributed by atoms with van der Waals surface area (Å²) in [6.45, 7) is 0. The summed E-state index contributed by atoms with van der Waals surface area (Å²) in [4.78, 5) is 13.6. The van der Waals surface area contributed by atoms with Gasteiger partial charge >= 0.3 is 0 Å². The van der Waals surface area contributed by atoms with Gasteiger partial charge < -0.3 is 22.1 Å². The van der Waals surface area contributed by atoms with Crippen LogP contribution in [0, 0.1) is 0 Å². The molecular weight excluding hydrogens is 605 g/mol. The predicted molar refractivity (Wildman–Crippen MR) is 200 cm³/mol. The van der Waals surface area contributed by atoms with Crippen LogP contribution >= 0.6 is 24.0 Å². The van der Waals surface area contributed by atoms with Gasteiger partial charge in [0.2, 0.25) is 5.91 Å². The number of para-hydroxylation sites is 2. The lowest BCUT2D eigenvalue weighted by molar-refractivity contribution is -0.113. The highest BCUT2D eigenvalue weighted by Crippen LogP contribution is 2.31. The molecule has 1 amide bonds. The van der Waals surface area contributed by atoms with E-state index >= 15 is 0 Å². The second-order valence-corrected chi connectivity index (χ2v) is 11.7. The van der Waals surface area contributed by atoms with Crippen LogP contribution in [-0.2, 0) is 4.79 Å². The van der Waals surface area contributed by atoms with Gasteiger partial charge in [-0.3, -0.25) is 4.79 Å². The van der Waals surface area contributed by atoms with Crippen LogP contribution < -0.4 is 22.1 Å². The van der Waals surface area contributed by atoms with Crippen molar-refractivity contribution in [2.24, 2.45) is 0 Å². The summed E-state index contributed by atoms with van der Waals surface area (Å²) in [6, 6.07) is 51.5.